The minimum Gasteiger partial charge on any atom is -0.377 e. The van der Waals surface area contributed by atoms with Crippen LogP contribution < -0.4 is 11.1 Å². The molecular weight excluding hydrogens is 218 g/mol. The molecule has 5 heteroatoms. The smallest absolute Gasteiger partial charge is 0.234 e. The standard InChI is InChI=1S/C12H23N3O2/c13-5-8-17-11-3-6-15(7-4-11)9-12(16)14-10-1-2-10/h10-11H,1-9,13H2,(H,14,16). The van der Waals surface area contributed by atoms with Gasteiger partial charge in [-0.1, -0.05) is 0 Å². The summed E-state index contributed by atoms with van der Waals surface area (Å²) in [5.74, 6) is 0.175. The fraction of sp³-hybridized carbons (Fsp3) is 0.917. The fourth-order valence-electron chi connectivity index (χ4n) is 2.17. The Balaban J connectivity index is 1.59. The summed E-state index contributed by atoms with van der Waals surface area (Å²) in [7, 11) is 0. The van der Waals surface area contributed by atoms with Crippen LogP contribution in [0.3, 0.4) is 0 Å². The molecule has 1 saturated heterocycles. The predicted molar refractivity (Wildman–Crippen MR) is 65.6 cm³/mol. The summed E-state index contributed by atoms with van der Waals surface area (Å²) in [5.41, 5.74) is 5.40. The Kier molecular flexibility index (Phi) is 4.76. The number of carbonyl (C=O) groups is 1. The highest BCUT2D eigenvalue weighted by Crippen LogP contribution is 2.18. The summed E-state index contributed by atoms with van der Waals surface area (Å²) in [6.45, 7) is 3.68. The van der Waals surface area contributed by atoms with Gasteiger partial charge in [0.2, 0.25) is 5.91 Å². The summed E-state index contributed by atoms with van der Waals surface area (Å²) in [6, 6.07) is 0.466. The molecular formula is C12H23N3O2. The third-order valence-electron chi connectivity index (χ3n) is 3.32. The molecule has 1 saturated carbocycles. The molecule has 2 fully saturated rings. The fourth-order valence-corrected chi connectivity index (χ4v) is 2.17. The van der Waals surface area contributed by atoms with Gasteiger partial charge in [0.1, 0.15) is 0 Å². The minimum absolute atomic E-state index is 0.175. The lowest BCUT2D eigenvalue weighted by Crippen LogP contribution is -2.43. The van der Waals surface area contributed by atoms with Crippen LogP contribution in [0.2, 0.25) is 0 Å². The Labute approximate surface area is 103 Å². The Morgan fingerprint density at radius 1 is 1.29 bits per heavy atom. The minimum atomic E-state index is 0.175. The van der Waals surface area contributed by atoms with Gasteiger partial charge in [-0.25, -0.2) is 0 Å². The van der Waals surface area contributed by atoms with E-state index in [2.05, 4.69) is 10.2 Å². The molecule has 2 aliphatic rings. The maximum Gasteiger partial charge on any atom is 0.234 e. The number of nitrogens with two attached hydrogens (primary N) is 1. The lowest BCUT2D eigenvalue weighted by Gasteiger charge is -2.31. The van der Waals surface area contributed by atoms with Gasteiger partial charge in [0.25, 0.3) is 0 Å². The third-order valence-corrected chi connectivity index (χ3v) is 3.32. The highest BCUT2D eigenvalue weighted by molar-refractivity contribution is 5.78. The second kappa shape index (κ2) is 6.33. The average Bonchev–Trinajstić information content (AvgIpc) is 3.12. The maximum atomic E-state index is 11.6. The third kappa shape index (κ3) is 4.61. The van der Waals surface area contributed by atoms with E-state index in [1.54, 1.807) is 0 Å². The summed E-state index contributed by atoms with van der Waals surface area (Å²) >= 11 is 0. The molecule has 0 unspecified atom stereocenters. The molecule has 5 nitrogen and oxygen atoms in total. The van der Waals surface area contributed by atoms with Crippen molar-refractivity contribution in [1.29, 1.82) is 0 Å². The van der Waals surface area contributed by atoms with Crippen LogP contribution in [0.15, 0.2) is 0 Å². The van der Waals surface area contributed by atoms with Gasteiger partial charge in [-0.15, -0.1) is 0 Å². The molecule has 0 atom stereocenters. The van der Waals surface area contributed by atoms with Crippen molar-refractivity contribution in [1.82, 2.24) is 10.2 Å². The lowest BCUT2D eigenvalue weighted by atomic mass is 10.1. The normalized spacial score (nSPS) is 22.6. The zero-order valence-corrected chi connectivity index (χ0v) is 10.4. The number of amides is 1. The van der Waals surface area contributed by atoms with Gasteiger partial charge in [0.05, 0.1) is 19.3 Å². The number of piperidine rings is 1. The molecule has 2 rings (SSSR count). The molecule has 0 spiro atoms. The van der Waals surface area contributed by atoms with Crippen molar-refractivity contribution >= 4 is 5.91 Å². The van der Waals surface area contributed by atoms with Crippen LogP contribution in [0.5, 0.6) is 0 Å². The van der Waals surface area contributed by atoms with E-state index in [0.717, 1.165) is 38.8 Å². The van der Waals surface area contributed by atoms with Gasteiger partial charge in [0.15, 0.2) is 0 Å². The zero-order chi connectivity index (χ0) is 12.1. The van der Waals surface area contributed by atoms with E-state index < -0.39 is 0 Å². The summed E-state index contributed by atoms with van der Waals surface area (Å²) in [5, 5.41) is 3.02. The van der Waals surface area contributed by atoms with E-state index in [4.69, 9.17) is 10.5 Å². The quantitative estimate of drug-likeness (QED) is 0.670. The van der Waals surface area contributed by atoms with Crippen molar-refractivity contribution in [3.05, 3.63) is 0 Å². The molecule has 0 aromatic heterocycles. The molecule has 0 radical (unpaired) electrons. The maximum absolute atomic E-state index is 11.6. The number of rotatable bonds is 6. The van der Waals surface area contributed by atoms with E-state index in [0.29, 0.717) is 31.8 Å². The molecule has 1 aliphatic heterocycles. The summed E-state index contributed by atoms with van der Waals surface area (Å²) < 4.78 is 5.61. The Morgan fingerprint density at radius 3 is 2.59 bits per heavy atom. The van der Waals surface area contributed by atoms with Gasteiger partial charge in [-0.2, -0.15) is 0 Å². The van der Waals surface area contributed by atoms with Gasteiger partial charge < -0.3 is 15.8 Å². The van der Waals surface area contributed by atoms with E-state index >= 15 is 0 Å². The van der Waals surface area contributed by atoms with Crippen molar-refractivity contribution in [3.8, 4) is 0 Å². The van der Waals surface area contributed by atoms with Crippen molar-refractivity contribution in [3.63, 3.8) is 0 Å². The van der Waals surface area contributed by atoms with Crippen LogP contribution in [-0.4, -0.2) is 55.7 Å². The Morgan fingerprint density at radius 2 is 2.00 bits per heavy atom. The number of hydrogen-bond donors (Lipinski definition) is 2. The number of nitrogens with zero attached hydrogens (tertiary/aromatic N) is 1. The summed E-state index contributed by atoms with van der Waals surface area (Å²) in [4.78, 5) is 13.8. The SMILES string of the molecule is NCCOC1CCN(CC(=O)NC2CC2)CC1. The monoisotopic (exact) mass is 241 g/mol. The van der Waals surface area contributed by atoms with Gasteiger partial charge in [-0.05, 0) is 25.7 Å². The number of nitrogens with one attached hydrogen (secondary N) is 1. The van der Waals surface area contributed by atoms with E-state index in [1.807, 2.05) is 0 Å². The first-order valence-electron chi connectivity index (χ1n) is 6.61. The second-order valence-electron chi connectivity index (χ2n) is 4.98. The first-order valence-corrected chi connectivity index (χ1v) is 6.61. The molecule has 98 valence electrons. The second-order valence-corrected chi connectivity index (χ2v) is 4.98. The molecule has 3 N–H and O–H groups in total. The molecule has 1 heterocycles. The molecule has 0 aromatic carbocycles. The van der Waals surface area contributed by atoms with Crippen LogP contribution in [0.25, 0.3) is 0 Å². The van der Waals surface area contributed by atoms with Crippen LogP contribution in [0.4, 0.5) is 0 Å². The highest BCUT2D eigenvalue weighted by atomic mass is 16.5. The van der Waals surface area contributed by atoms with Crippen molar-refractivity contribution < 1.29 is 9.53 Å². The molecule has 0 aromatic rings. The molecule has 1 aliphatic carbocycles. The van der Waals surface area contributed by atoms with Crippen molar-refractivity contribution in [2.75, 3.05) is 32.8 Å². The largest absolute Gasteiger partial charge is 0.377 e. The molecule has 1 amide bonds. The number of carbonyl (C=O) groups excluding carboxylic acids is 1. The summed E-state index contributed by atoms with van der Waals surface area (Å²) in [6.07, 6.45) is 4.66. The van der Waals surface area contributed by atoms with Gasteiger partial charge in [-0.3, -0.25) is 9.69 Å². The lowest BCUT2D eigenvalue weighted by molar-refractivity contribution is -0.123. The highest BCUT2D eigenvalue weighted by Gasteiger charge is 2.25. The topological polar surface area (TPSA) is 67.6 Å². The van der Waals surface area contributed by atoms with Crippen molar-refractivity contribution in [2.24, 2.45) is 5.73 Å². The van der Waals surface area contributed by atoms with Crippen LogP contribution >= 0.6 is 0 Å². The van der Waals surface area contributed by atoms with Gasteiger partial charge in [0, 0.05) is 25.7 Å². The van der Waals surface area contributed by atoms with Crippen LogP contribution in [-0.2, 0) is 9.53 Å². The van der Waals surface area contributed by atoms with E-state index in [9.17, 15) is 4.79 Å². The number of ether oxygens (including phenoxy) is 1. The van der Waals surface area contributed by atoms with E-state index in [-0.39, 0.29) is 5.91 Å². The molecule has 17 heavy (non-hydrogen) atoms. The van der Waals surface area contributed by atoms with Crippen LogP contribution in [0.1, 0.15) is 25.7 Å². The Hall–Kier alpha value is -0.650. The first-order chi connectivity index (χ1) is 8.28. The zero-order valence-electron chi connectivity index (χ0n) is 10.4. The molecule has 0 bridgehead atoms. The van der Waals surface area contributed by atoms with Gasteiger partial charge >= 0.3 is 0 Å². The van der Waals surface area contributed by atoms with Crippen molar-refractivity contribution in [2.45, 2.75) is 37.8 Å². The predicted octanol–water partition coefficient (Wildman–Crippen LogP) is -0.295. The average molecular weight is 241 g/mol. The van der Waals surface area contributed by atoms with Crippen LogP contribution in [0, 0.1) is 0 Å². The number of hydrogen-bond acceptors (Lipinski definition) is 4. The first kappa shape index (κ1) is 12.8. The number of likely N-dealkylation sites (tertiary alicyclic amines) is 1. The van der Waals surface area contributed by atoms with E-state index in [1.165, 1.54) is 0 Å². The Bertz CT molecular complexity index is 248.